The minimum absolute atomic E-state index is 0. The number of anilines is 1. The first-order valence-electron chi connectivity index (χ1n) is 17.7. The van der Waals surface area contributed by atoms with Crippen LogP contribution in [0, 0.1) is 0 Å². The molecule has 4 amide bonds. The number of nitrogens with zero attached hydrogens (tertiary/aromatic N) is 4. The van der Waals surface area contributed by atoms with Gasteiger partial charge in [-0.3, -0.25) is 28.3 Å². The Morgan fingerprint density at radius 3 is 1.74 bits per heavy atom. The SMILES string of the molecule is CC1(C)C(/C=C/C=C2/N(CCC(=O)ON3C(=O)CCC3=O)c3ccc(S(=O)(=O)O)cc3C2(C)C)=[N+](CCC(=O)ON2C(=O)CCC2=O)c2ccc(S(=O)(=O)O)cc21.[I-]. The smallest absolute Gasteiger partial charge is 0.339 e. The van der Waals surface area contributed by atoms with Gasteiger partial charge in [0, 0.05) is 66.7 Å². The lowest BCUT2D eigenvalue weighted by Gasteiger charge is -2.27. The summed E-state index contributed by atoms with van der Waals surface area (Å²) in [6, 6.07) is 8.03. The first-order chi connectivity index (χ1) is 26.5. The first-order valence-corrected chi connectivity index (χ1v) is 20.6. The molecule has 0 atom stereocenters. The van der Waals surface area contributed by atoms with E-state index in [1.165, 1.54) is 36.4 Å². The zero-order chi connectivity index (χ0) is 41.8. The maximum atomic E-state index is 12.9. The molecule has 4 aliphatic rings. The summed E-state index contributed by atoms with van der Waals surface area (Å²) in [6.45, 7) is 7.11. The third kappa shape index (κ3) is 8.49. The minimum atomic E-state index is -4.60. The van der Waals surface area contributed by atoms with Gasteiger partial charge >= 0.3 is 11.9 Å². The molecule has 2 saturated heterocycles. The van der Waals surface area contributed by atoms with E-state index in [0.717, 1.165) is 0 Å². The number of fused-ring (bicyclic) bond motifs is 2. The molecule has 58 heavy (non-hydrogen) atoms. The average molecular weight is 955 g/mol. The van der Waals surface area contributed by atoms with E-state index in [1.54, 1.807) is 55.4 Å². The van der Waals surface area contributed by atoms with Crippen LogP contribution in [0.25, 0.3) is 0 Å². The van der Waals surface area contributed by atoms with Crippen LogP contribution in [0.2, 0.25) is 0 Å². The highest BCUT2D eigenvalue weighted by molar-refractivity contribution is 7.86. The molecule has 0 unspecified atom stereocenters. The van der Waals surface area contributed by atoms with Crippen LogP contribution in [0.15, 0.2) is 70.1 Å². The van der Waals surface area contributed by atoms with Crippen LogP contribution in [0.3, 0.4) is 0 Å². The Labute approximate surface area is 350 Å². The second-order valence-corrected chi connectivity index (χ2v) is 17.6. The number of allylic oxidation sites excluding steroid dienone is 4. The van der Waals surface area contributed by atoms with Gasteiger partial charge < -0.3 is 38.6 Å². The standard InChI is InChI=1S/C37H38N4O14S2.HI/c1-36(2)24-20-22(56(48,49)50)8-10-26(24)38(18-16-34(46)54-40-30(42)12-13-31(40)43)28(36)6-5-7-29-37(3,4)25-21-23(57(51,52)53)9-11-27(25)39(29)19-17-35(47)55-41-32(44)14-15-33(41)45;/h5-11,20-21H,12-19H2,1-4H3,(H-,48,49,50,51,52,53);1H. The lowest BCUT2D eigenvalue weighted by Crippen LogP contribution is -3.00. The van der Waals surface area contributed by atoms with E-state index >= 15 is 0 Å². The minimum Gasteiger partial charge on any atom is -1.00 e. The van der Waals surface area contributed by atoms with Gasteiger partial charge in [0.15, 0.2) is 12.3 Å². The Hall–Kier alpha value is -4.84. The summed E-state index contributed by atoms with van der Waals surface area (Å²) in [5, 5.41) is 0.882. The van der Waals surface area contributed by atoms with Crippen molar-refractivity contribution in [3.63, 3.8) is 0 Å². The molecule has 4 heterocycles. The monoisotopic (exact) mass is 954 g/mol. The molecule has 0 aromatic heterocycles. The van der Waals surface area contributed by atoms with Gasteiger partial charge in [-0.25, -0.2) is 9.59 Å². The largest absolute Gasteiger partial charge is 1.00 e. The van der Waals surface area contributed by atoms with E-state index in [9.17, 15) is 54.7 Å². The second kappa shape index (κ2) is 16.1. The summed E-state index contributed by atoms with van der Waals surface area (Å²) >= 11 is 0. The van der Waals surface area contributed by atoms with E-state index in [1.807, 2.05) is 0 Å². The number of carbonyl (C=O) groups excluding carboxylic acids is 6. The van der Waals surface area contributed by atoms with Gasteiger partial charge in [-0.2, -0.15) is 21.4 Å². The van der Waals surface area contributed by atoms with Gasteiger partial charge in [0.1, 0.15) is 6.42 Å². The Morgan fingerprint density at radius 2 is 1.22 bits per heavy atom. The maximum Gasteiger partial charge on any atom is 0.339 e. The van der Waals surface area contributed by atoms with Crippen LogP contribution in [0.5, 0.6) is 0 Å². The van der Waals surface area contributed by atoms with Crippen LogP contribution in [-0.4, -0.2) is 95.0 Å². The first kappa shape index (κ1) is 44.3. The van der Waals surface area contributed by atoms with Gasteiger partial charge in [0.05, 0.1) is 21.6 Å². The average Bonchev–Trinajstić information content (AvgIpc) is 3.75. The number of benzene rings is 2. The zero-order valence-electron chi connectivity index (χ0n) is 31.6. The third-order valence-electron chi connectivity index (χ3n) is 10.3. The van der Waals surface area contributed by atoms with Gasteiger partial charge in [0.25, 0.3) is 43.9 Å². The van der Waals surface area contributed by atoms with Crippen molar-refractivity contribution in [3.8, 4) is 0 Å². The predicted molar refractivity (Wildman–Crippen MR) is 197 cm³/mol. The Bertz CT molecular complexity index is 2440. The molecule has 21 heteroatoms. The predicted octanol–water partition coefficient (Wildman–Crippen LogP) is -0.207. The molecule has 0 spiro atoms. The Kier molecular flexibility index (Phi) is 12.3. The highest BCUT2D eigenvalue weighted by atomic mass is 127. The molecule has 2 N–H and O–H groups in total. The Balaban J connectivity index is 0.00000641. The number of rotatable bonds is 12. The van der Waals surface area contributed by atoms with Crippen LogP contribution < -0.4 is 28.9 Å². The molecule has 2 aromatic rings. The highest BCUT2D eigenvalue weighted by Crippen LogP contribution is 2.49. The topological polar surface area (TPSA) is 242 Å². The molecule has 310 valence electrons. The molecule has 2 aromatic carbocycles. The number of hydrogen-bond acceptors (Lipinski definition) is 13. The van der Waals surface area contributed by atoms with E-state index < -0.39 is 66.6 Å². The normalized spacial score (nSPS) is 19.3. The number of imide groups is 2. The second-order valence-electron chi connectivity index (χ2n) is 14.7. The highest BCUT2D eigenvalue weighted by Gasteiger charge is 2.46. The molecular formula is C37H39IN4O14S2. The van der Waals surface area contributed by atoms with E-state index in [0.29, 0.717) is 44.0 Å². The van der Waals surface area contributed by atoms with Crippen LogP contribution in [-0.2, 0) is 69.5 Å². The molecule has 2 fully saturated rings. The summed E-state index contributed by atoms with van der Waals surface area (Å²) in [7, 11) is -9.19. The summed E-state index contributed by atoms with van der Waals surface area (Å²) < 4.78 is 69.8. The number of hydrogen-bond donors (Lipinski definition) is 2. The maximum absolute atomic E-state index is 12.9. The quantitative estimate of drug-likeness (QED) is 0.121. The summed E-state index contributed by atoms with van der Waals surface area (Å²) in [5.74, 6) is -4.31. The van der Waals surface area contributed by atoms with Crippen LogP contribution >= 0.6 is 0 Å². The van der Waals surface area contributed by atoms with Crippen LogP contribution in [0.4, 0.5) is 11.4 Å². The molecule has 4 aliphatic heterocycles. The van der Waals surface area contributed by atoms with Crippen molar-refractivity contribution in [2.24, 2.45) is 0 Å². The fourth-order valence-electron chi connectivity index (χ4n) is 7.36. The van der Waals surface area contributed by atoms with Crippen molar-refractivity contribution in [3.05, 3.63) is 71.5 Å². The molecule has 0 aliphatic carbocycles. The van der Waals surface area contributed by atoms with Gasteiger partial charge in [-0.15, -0.1) is 10.1 Å². The van der Waals surface area contributed by atoms with Gasteiger partial charge in [-0.1, -0.05) is 19.9 Å². The summed E-state index contributed by atoms with van der Waals surface area (Å²) in [5.41, 5.74) is 1.21. The fourth-order valence-corrected chi connectivity index (χ4v) is 8.37. The van der Waals surface area contributed by atoms with Crippen molar-refractivity contribution >= 4 is 72.9 Å². The van der Waals surface area contributed by atoms with Gasteiger partial charge in [-0.05, 0) is 55.8 Å². The molecule has 0 saturated carbocycles. The fraction of sp³-hybridized carbons (Fsp3) is 0.378. The number of carbonyl (C=O) groups is 6. The Morgan fingerprint density at radius 1 is 0.741 bits per heavy atom. The van der Waals surface area contributed by atoms with E-state index in [2.05, 4.69) is 0 Å². The molecule has 0 bridgehead atoms. The zero-order valence-corrected chi connectivity index (χ0v) is 35.4. The molecule has 6 rings (SSSR count). The van der Waals surface area contributed by atoms with E-state index in [4.69, 9.17) is 9.68 Å². The number of amides is 4. The number of halogens is 1. The van der Waals surface area contributed by atoms with Crippen LogP contribution in [0.1, 0.15) is 77.3 Å². The lowest BCUT2D eigenvalue weighted by atomic mass is 9.81. The van der Waals surface area contributed by atoms with Crippen molar-refractivity contribution in [1.29, 1.82) is 0 Å². The van der Waals surface area contributed by atoms with E-state index in [-0.39, 0.29) is 85.4 Å². The number of hydroxylamine groups is 4. The van der Waals surface area contributed by atoms with Crippen molar-refractivity contribution in [2.45, 2.75) is 86.8 Å². The van der Waals surface area contributed by atoms with Crippen molar-refractivity contribution in [1.82, 2.24) is 10.1 Å². The molecule has 18 nitrogen and oxygen atoms in total. The summed E-state index contributed by atoms with van der Waals surface area (Å²) in [4.78, 5) is 85.0. The van der Waals surface area contributed by atoms with Crippen molar-refractivity contribution in [2.75, 3.05) is 18.0 Å². The lowest BCUT2D eigenvalue weighted by molar-refractivity contribution is -0.437. The summed E-state index contributed by atoms with van der Waals surface area (Å²) in [6.07, 6.45) is 4.14. The molecular weight excluding hydrogens is 915 g/mol. The van der Waals surface area contributed by atoms with Crippen molar-refractivity contribution < 1.29 is 92.9 Å². The third-order valence-corrected chi connectivity index (χ3v) is 12.0. The van der Waals surface area contributed by atoms with Gasteiger partial charge in [0.2, 0.25) is 5.69 Å². The molecule has 0 radical (unpaired) electrons.